The number of rotatable bonds is 2. The van der Waals surface area contributed by atoms with Gasteiger partial charge in [-0.1, -0.05) is 13.8 Å². The van der Waals surface area contributed by atoms with Crippen LogP contribution >= 0.6 is 0 Å². The maximum atomic E-state index is 13.6. The van der Waals surface area contributed by atoms with Gasteiger partial charge in [-0.25, -0.2) is 4.98 Å². The van der Waals surface area contributed by atoms with Crippen molar-refractivity contribution >= 4 is 11.8 Å². The molecule has 1 aromatic rings. The summed E-state index contributed by atoms with van der Waals surface area (Å²) >= 11 is 0. The number of carbonyl (C=O) groups excluding carboxylic acids is 2. The molecule has 0 unspecified atom stereocenters. The predicted octanol–water partition coefficient (Wildman–Crippen LogP) is 2.37. The molecular formula is C21H30N4O2. The van der Waals surface area contributed by atoms with Gasteiger partial charge in [0, 0.05) is 20.1 Å². The highest BCUT2D eigenvalue weighted by molar-refractivity contribution is 5.93. The molecule has 27 heavy (non-hydrogen) atoms. The van der Waals surface area contributed by atoms with Crippen LogP contribution < -0.4 is 0 Å². The van der Waals surface area contributed by atoms with Gasteiger partial charge in [-0.3, -0.25) is 9.59 Å². The summed E-state index contributed by atoms with van der Waals surface area (Å²) in [6, 6.07) is 0.338. The van der Waals surface area contributed by atoms with E-state index in [9.17, 15) is 9.59 Å². The van der Waals surface area contributed by atoms with Crippen LogP contribution in [0, 0.1) is 23.7 Å². The SMILES string of the molecule is Cc1ncc(C(=O)N2C[C@@H]3C[C@H]2CN3C(=O)C23CCC(CC2)C3(C)C)n1C. The minimum atomic E-state index is -0.157. The fraction of sp³-hybridized carbons (Fsp3) is 0.762. The van der Waals surface area contributed by atoms with Gasteiger partial charge in [0.05, 0.1) is 23.7 Å². The molecular weight excluding hydrogens is 340 g/mol. The zero-order chi connectivity index (χ0) is 19.1. The number of imidazole rings is 1. The van der Waals surface area contributed by atoms with Crippen molar-refractivity contribution in [2.45, 2.75) is 65.0 Å². The number of fused-ring (bicyclic) bond motifs is 4. The molecule has 2 saturated carbocycles. The Kier molecular flexibility index (Phi) is 3.43. The van der Waals surface area contributed by atoms with E-state index in [1.54, 1.807) is 6.20 Å². The average Bonchev–Trinajstić information content (AvgIpc) is 3.43. The minimum Gasteiger partial charge on any atom is -0.335 e. The van der Waals surface area contributed by atoms with E-state index in [1.165, 1.54) is 12.8 Å². The molecule has 2 amide bonds. The van der Waals surface area contributed by atoms with Crippen molar-refractivity contribution in [1.29, 1.82) is 0 Å². The van der Waals surface area contributed by atoms with E-state index < -0.39 is 0 Å². The summed E-state index contributed by atoms with van der Waals surface area (Å²) in [4.78, 5) is 35.0. The summed E-state index contributed by atoms with van der Waals surface area (Å²) in [6.45, 7) is 7.90. The van der Waals surface area contributed by atoms with Gasteiger partial charge in [0.15, 0.2) is 0 Å². The predicted molar refractivity (Wildman–Crippen MR) is 101 cm³/mol. The second-order valence-electron chi connectivity index (χ2n) is 9.79. The van der Waals surface area contributed by atoms with Gasteiger partial charge in [-0.2, -0.15) is 0 Å². The molecule has 6 nitrogen and oxygen atoms in total. The molecule has 146 valence electrons. The zero-order valence-electron chi connectivity index (χ0n) is 16.9. The molecule has 0 spiro atoms. The van der Waals surface area contributed by atoms with Gasteiger partial charge < -0.3 is 14.4 Å². The first kappa shape index (κ1) is 17.3. The summed E-state index contributed by atoms with van der Waals surface area (Å²) < 4.78 is 1.86. The first-order valence-electron chi connectivity index (χ1n) is 10.4. The first-order valence-corrected chi connectivity index (χ1v) is 10.4. The molecule has 4 bridgehead atoms. The number of piperazine rings is 1. The van der Waals surface area contributed by atoms with Crippen molar-refractivity contribution in [3.8, 4) is 0 Å². The van der Waals surface area contributed by atoms with Crippen LogP contribution in [0.25, 0.3) is 0 Å². The molecule has 4 fully saturated rings. The van der Waals surface area contributed by atoms with Crippen molar-refractivity contribution in [3.05, 3.63) is 17.7 Å². The van der Waals surface area contributed by atoms with Gasteiger partial charge in [-0.15, -0.1) is 0 Å². The van der Waals surface area contributed by atoms with E-state index in [-0.39, 0.29) is 28.8 Å². The first-order chi connectivity index (χ1) is 12.8. The summed E-state index contributed by atoms with van der Waals surface area (Å²) in [5.74, 6) is 1.98. The van der Waals surface area contributed by atoms with Crippen LogP contribution in [0.15, 0.2) is 6.20 Å². The highest BCUT2D eigenvalue weighted by atomic mass is 16.2. The Labute approximate surface area is 160 Å². The fourth-order valence-electron chi connectivity index (χ4n) is 6.64. The van der Waals surface area contributed by atoms with E-state index in [2.05, 4.69) is 23.7 Å². The lowest BCUT2D eigenvalue weighted by Crippen LogP contribution is -2.56. The number of nitrogens with zero attached hydrogens (tertiary/aromatic N) is 4. The molecule has 2 saturated heterocycles. The van der Waals surface area contributed by atoms with E-state index in [0.717, 1.165) is 25.1 Å². The third kappa shape index (κ3) is 2.04. The van der Waals surface area contributed by atoms with Gasteiger partial charge in [-0.05, 0) is 50.4 Å². The smallest absolute Gasteiger partial charge is 0.272 e. The molecule has 0 radical (unpaired) electrons. The second kappa shape index (κ2) is 5.36. The molecule has 4 aliphatic rings. The average molecular weight is 370 g/mol. The van der Waals surface area contributed by atoms with Crippen LogP contribution in [0.3, 0.4) is 0 Å². The molecule has 3 heterocycles. The number of aromatic nitrogens is 2. The molecule has 0 N–H and O–H groups in total. The normalized spacial score (nSPS) is 36.1. The topological polar surface area (TPSA) is 58.4 Å². The van der Waals surface area contributed by atoms with Crippen LogP contribution in [0.5, 0.6) is 0 Å². The number of hydrogen-bond acceptors (Lipinski definition) is 3. The molecule has 2 atom stereocenters. The second-order valence-corrected chi connectivity index (χ2v) is 9.79. The van der Waals surface area contributed by atoms with Gasteiger partial charge in [0.25, 0.3) is 5.91 Å². The lowest BCUT2D eigenvalue weighted by Gasteiger charge is -2.43. The van der Waals surface area contributed by atoms with E-state index in [1.807, 2.05) is 23.4 Å². The van der Waals surface area contributed by atoms with Gasteiger partial charge >= 0.3 is 0 Å². The molecule has 2 aliphatic heterocycles. The maximum absolute atomic E-state index is 13.6. The maximum Gasteiger partial charge on any atom is 0.272 e. The molecule has 2 aliphatic carbocycles. The molecule has 0 aromatic carbocycles. The lowest BCUT2D eigenvalue weighted by molar-refractivity contribution is -0.149. The van der Waals surface area contributed by atoms with Crippen molar-refractivity contribution in [2.75, 3.05) is 13.1 Å². The standard InChI is InChI=1S/C21H30N4O2/c1-13-22-10-17(23(13)4)18(26)24-11-16-9-15(24)12-25(16)19(27)21-7-5-14(6-8-21)20(21,2)3/h10,14-16H,5-9,11-12H2,1-4H3/t14?,15-,16-,21?/m0/s1. The molecule has 5 rings (SSSR count). The summed E-state index contributed by atoms with van der Waals surface area (Å²) in [6.07, 6.45) is 7.10. The number of likely N-dealkylation sites (tertiary alicyclic amines) is 2. The van der Waals surface area contributed by atoms with Crippen molar-refractivity contribution < 1.29 is 9.59 Å². The molecule has 6 heteroatoms. The fourth-order valence-corrected chi connectivity index (χ4v) is 6.64. The van der Waals surface area contributed by atoms with Crippen LogP contribution in [-0.4, -0.2) is 56.3 Å². The number of aryl methyl sites for hydroxylation is 1. The van der Waals surface area contributed by atoms with Crippen molar-refractivity contribution in [2.24, 2.45) is 23.8 Å². The minimum absolute atomic E-state index is 0.0537. The van der Waals surface area contributed by atoms with E-state index >= 15 is 0 Å². The van der Waals surface area contributed by atoms with Crippen molar-refractivity contribution in [3.63, 3.8) is 0 Å². The quantitative estimate of drug-likeness (QED) is 0.803. The van der Waals surface area contributed by atoms with Crippen molar-refractivity contribution in [1.82, 2.24) is 19.4 Å². The third-order valence-electron chi connectivity index (χ3n) is 8.70. The van der Waals surface area contributed by atoms with Crippen LogP contribution in [0.1, 0.15) is 62.3 Å². The highest BCUT2D eigenvalue weighted by Gasteiger charge is 2.65. The Morgan fingerprint density at radius 3 is 2.22 bits per heavy atom. The Hall–Kier alpha value is -1.85. The van der Waals surface area contributed by atoms with E-state index in [0.29, 0.717) is 30.6 Å². The molecule has 1 aromatic heterocycles. The van der Waals surface area contributed by atoms with Crippen LogP contribution in [-0.2, 0) is 11.8 Å². The number of amides is 2. The Balaban J connectivity index is 1.34. The Morgan fingerprint density at radius 2 is 1.74 bits per heavy atom. The monoisotopic (exact) mass is 370 g/mol. The third-order valence-corrected chi connectivity index (χ3v) is 8.70. The number of hydrogen-bond donors (Lipinski definition) is 0. The Bertz CT molecular complexity index is 818. The van der Waals surface area contributed by atoms with E-state index in [4.69, 9.17) is 0 Å². The van der Waals surface area contributed by atoms with Crippen LogP contribution in [0.4, 0.5) is 0 Å². The largest absolute Gasteiger partial charge is 0.335 e. The van der Waals surface area contributed by atoms with Gasteiger partial charge in [0.2, 0.25) is 5.91 Å². The van der Waals surface area contributed by atoms with Crippen LogP contribution in [0.2, 0.25) is 0 Å². The number of carbonyl (C=O) groups is 2. The summed E-state index contributed by atoms with van der Waals surface area (Å²) in [5.41, 5.74) is 0.608. The summed E-state index contributed by atoms with van der Waals surface area (Å²) in [7, 11) is 1.89. The highest BCUT2D eigenvalue weighted by Crippen LogP contribution is 2.66. The van der Waals surface area contributed by atoms with Gasteiger partial charge in [0.1, 0.15) is 11.5 Å². The summed E-state index contributed by atoms with van der Waals surface area (Å²) in [5, 5.41) is 0. The lowest BCUT2D eigenvalue weighted by atomic mass is 9.68. The Morgan fingerprint density at radius 1 is 1.11 bits per heavy atom. The zero-order valence-corrected chi connectivity index (χ0v) is 16.9.